The van der Waals surface area contributed by atoms with Gasteiger partial charge in [0.2, 0.25) is 0 Å². The van der Waals surface area contributed by atoms with Gasteiger partial charge in [0.15, 0.2) is 0 Å². The third-order valence-corrected chi connectivity index (χ3v) is 3.44. The van der Waals surface area contributed by atoms with Crippen LogP contribution in [0.3, 0.4) is 0 Å². The summed E-state index contributed by atoms with van der Waals surface area (Å²) in [6, 6.07) is 4.42. The molecule has 1 aromatic carbocycles. The van der Waals surface area contributed by atoms with Crippen molar-refractivity contribution in [2.45, 2.75) is 39.5 Å². The summed E-state index contributed by atoms with van der Waals surface area (Å²) in [4.78, 5) is 0. The number of rotatable bonds is 3. The van der Waals surface area contributed by atoms with Crippen molar-refractivity contribution >= 4 is 11.6 Å². The smallest absolute Gasteiger partial charge is 0.0440 e. The van der Waals surface area contributed by atoms with Gasteiger partial charge >= 0.3 is 0 Å². The molecule has 1 heteroatoms. The topological polar surface area (TPSA) is 0 Å². The average molecular weight is 209 g/mol. The fraction of sp³-hybridized carbons (Fsp3) is 0.538. The monoisotopic (exact) mass is 208 g/mol. The molecule has 0 aromatic heterocycles. The Bertz CT molecular complexity index is 337. The van der Waals surface area contributed by atoms with Crippen LogP contribution in [0, 0.1) is 12.8 Å². The fourth-order valence-electron chi connectivity index (χ4n) is 1.89. The van der Waals surface area contributed by atoms with E-state index in [9.17, 15) is 0 Å². The van der Waals surface area contributed by atoms with Crippen molar-refractivity contribution in [1.29, 1.82) is 0 Å². The summed E-state index contributed by atoms with van der Waals surface area (Å²) in [5.74, 6) is 0.958. The van der Waals surface area contributed by atoms with Crippen LogP contribution >= 0.6 is 11.6 Å². The Labute approximate surface area is 91.3 Å². The molecule has 0 amide bonds. The highest BCUT2D eigenvalue weighted by Crippen LogP contribution is 2.34. The maximum Gasteiger partial charge on any atom is 0.0440 e. The Morgan fingerprint density at radius 3 is 2.57 bits per heavy atom. The zero-order valence-corrected chi connectivity index (χ0v) is 9.69. The summed E-state index contributed by atoms with van der Waals surface area (Å²) in [5.41, 5.74) is 4.17. The van der Waals surface area contributed by atoms with Crippen LogP contribution in [0.5, 0.6) is 0 Å². The van der Waals surface area contributed by atoms with E-state index < -0.39 is 0 Å². The van der Waals surface area contributed by atoms with Gasteiger partial charge in [0.1, 0.15) is 0 Å². The Kier molecular flexibility index (Phi) is 2.83. The molecule has 0 spiro atoms. The van der Waals surface area contributed by atoms with Crippen molar-refractivity contribution in [1.82, 2.24) is 0 Å². The molecule has 76 valence electrons. The lowest BCUT2D eigenvalue weighted by Gasteiger charge is -2.09. The molecule has 1 aliphatic carbocycles. The Balaban J connectivity index is 2.27. The number of benzene rings is 1. The first-order chi connectivity index (χ1) is 6.70. The molecule has 1 aromatic rings. The molecule has 0 saturated heterocycles. The molecule has 0 N–H and O–H groups in total. The summed E-state index contributed by atoms with van der Waals surface area (Å²) in [6.45, 7) is 4.33. The molecule has 0 nitrogen and oxygen atoms in total. The summed E-state index contributed by atoms with van der Waals surface area (Å²) in [5, 5.41) is 0.935. The van der Waals surface area contributed by atoms with Crippen molar-refractivity contribution in [3.63, 3.8) is 0 Å². The van der Waals surface area contributed by atoms with Gasteiger partial charge in [0, 0.05) is 5.02 Å². The van der Waals surface area contributed by atoms with E-state index in [1.54, 1.807) is 0 Å². The van der Waals surface area contributed by atoms with Gasteiger partial charge in [-0.2, -0.15) is 0 Å². The molecule has 0 heterocycles. The standard InChI is InChI=1S/C13H17Cl/c1-3-11-8-12(7-10-4-5-10)9(2)6-13(11)14/h6,8,10H,3-5,7H2,1-2H3. The minimum absolute atomic E-state index is 0.935. The number of halogens is 1. The Morgan fingerprint density at radius 2 is 2.00 bits per heavy atom. The van der Waals surface area contributed by atoms with E-state index in [0.29, 0.717) is 0 Å². The van der Waals surface area contributed by atoms with Crippen LogP contribution < -0.4 is 0 Å². The van der Waals surface area contributed by atoms with Gasteiger partial charge in [0.05, 0.1) is 0 Å². The second-order valence-corrected chi connectivity index (χ2v) is 4.78. The molecule has 1 saturated carbocycles. The van der Waals surface area contributed by atoms with Crippen LogP contribution in [0.2, 0.25) is 5.02 Å². The van der Waals surface area contributed by atoms with E-state index in [4.69, 9.17) is 11.6 Å². The highest BCUT2D eigenvalue weighted by molar-refractivity contribution is 6.31. The maximum absolute atomic E-state index is 6.15. The predicted molar refractivity (Wildman–Crippen MR) is 62.0 cm³/mol. The van der Waals surface area contributed by atoms with Crippen molar-refractivity contribution in [2.24, 2.45) is 5.92 Å². The van der Waals surface area contributed by atoms with Gasteiger partial charge in [-0.25, -0.2) is 0 Å². The van der Waals surface area contributed by atoms with Gasteiger partial charge in [-0.15, -0.1) is 0 Å². The first-order valence-electron chi connectivity index (χ1n) is 5.48. The van der Waals surface area contributed by atoms with E-state index in [0.717, 1.165) is 17.4 Å². The Hall–Kier alpha value is -0.490. The Morgan fingerprint density at radius 1 is 1.29 bits per heavy atom. The van der Waals surface area contributed by atoms with E-state index in [1.165, 1.54) is 36.0 Å². The molecule has 0 bridgehead atoms. The van der Waals surface area contributed by atoms with Crippen LogP contribution in [-0.4, -0.2) is 0 Å². The normalized spacial score (nSPS) is 15.9. The lowest BCUT2D eigenvalue weighted by Crippen LogP contribution is -1.94. The van der Waals surface area contributed by atoms with Crippen LogP contribution in [0.1, 0.15) is 36.5 Å². The van der Waals surface area contributed by atoms with E-state index in [2.05, 4.69) is 26.0 Å². The minimum atomic E-state index is 0.935. The highest BCUT2D eigenvalue weighted by Gasteiger charge is 2.22. The highest BCUT2D eigenvalue weighted by atomic mass is 35.5. The lowest BCUT2D eigenvalue weighted by atomic mass is 9.99. The molecule has 1 aliphatic rings. The summed E-state index contributed by atoms with van der Waals surface area (Å²) in [6.07, 6.45) is 5.14. The van der Waals surface area contributed by atoms with Gasteiger partial charge in [0.25, 0.3) is 0 Å². The van der Waals surface area contributed by atoms with Crippen molar-refractivity contribution < 1.29 is 0 Å². The summed E-state index contributed by atoms with van der Waals surface area (Å²) >= 11 is 6.15. The van der Waals surface area contributed by atoms with Gasteiger partial charge in [-0.3, -0.25) is 0 Å². The summed E-state index contributed by atoms with van der Waals surface area (Å²) in [7, 11) is 0. The third kappa shape index (κ3) is 2.12. The van der Waals surface area contributed by atoms with E-state index in [-0.39, 0.29) is 0 Å². The zero-order valence-electron chi connectivity index (χ0n) is 8.94. The summed E-state index contributed by atoms with van der Waals surface area (Å²) < 4.78 is 0. The number of hydrogen-bond acceptors (Lipinski definition) is 0. The van der Waals surface area contributed by atoms with Gasteiger partial charge in [-0.05, 0) is 61.3 Å². The number of hydrogen-bond donors (Lipinski definition) is 0. The first-order valence-corrected chi connectivity index (χ1v) is 5.86. The largest absolute Gasteiger partial charge is 0.0840 e. The van der Waals surface area contributed by atoms with Crippen molar-refractivity contribution in [3.8, 4) is 0 Å². The zero-order chi connectivity index (χ0) is 10.1. The van der Waals surface area contributed by atoms with Crippen LogP contribution in [-0.2, 0) is 12.8 Å². The molecule has 14 heavy (non-hydrogen) atoms. The molecular weight excluding hydrogens is 192 g/mol. The van der Waals surface area contributed by atoms with Crippen LogP contribution in [0.15, 0.2) is 12.1 Å². The lowest BCUT2D eigenvalue weighted by molar-refractivity contribution is 0.824. The third-order valence-electron chi connectivity index (χ3n) is 3.09. The fourth-order valence-corrected chi connectivity index (χ4v) is 2.24. The molecule has 1 fully saturated rings. The first kappa shape index (κ1) is 10.0. The van der Waals surface area contributed by atoms with Crippen LogP contribution in [0.25, 0.3) is 0 Å². The maximum atomic E-state index is 6.15. The predicted octanol–water partition coefficient (Wildman–Crippen LogP) is 4.16. The van der Waals surface area contributed by atoms with E-state index >= 15 is 0 Å². The quantitative estimate of drug-likeness (QED) is 0.700. The molecule has 0 radical (unpaired) electrons. The van der Waals surface area contributed by atoms with Gasteiger partial charge < -0.3 is 0 Å². The van der Waals surface area contributed by atoms with Crippen LogP contribution in [0.4, 0.5) is 0 Å². The molecule has 2 rings (SSSR count). The van der Waals surface area contributed by atoms with Crippen molar-refractivity contribution in [3.05, 3.63) is 33.8 Å². The molecular formula is C13H17Cl. The second-order valence-electron chi connectivity index (χ2n) is 4.37. The van der Waals surface area contributed by atoms with Crippen molar-refractivity contribution in [2.75, 3.05) is 0 Å². The van der Waals surface area contributed by atoms with E-state index in [1.807, 2.05) is 0 Å². The SMILES string of the molecule is CCc1cc(CC2CC2)c(C)cc1Cl. The second kappa shape index (κ2) is 3.94. The molecule has 0 aliphatic heterocycles. The minimum Gasteiger partial charge on any atom is -0.0840 e. The van der Waals surface area contributed by atoms with Gasteiger partial charge in [-0.1, -0.05) is 24.6 Å². The number of aryl methyl sites for hydroxylation is 2. The molecule has 0 unspecified atom stereocenters. The molecule has 0 atom stereocenters. The average Bonchev–Trinajstić information content (AvgIpc) is 2.93.